The Balaban J connectivity index is 2.69. The molecule has 5 unspecified atom stereocenters. The van der Waals surface area contributed by atoms with Crippen LogP contribution in [0.15, 0.2) is 0 Å². The van der Waals surface area contributed by atoms with E-state index in [9.17, 15) is 15.3 Å². The highest BCUT2D eigenvalue weighted by molar-refractivity contribution is 4.93. The summed E-state index contributed by atoms with van der Waals surface area (Å²) in [6.07, 6.45) is -1.53. The SMILES string of the molecule is CCCC1OCC(O)C(C(C)(O)C(C)O)O1. The van der Waals surface area contributed by atoms with Gasteiger partial charge in [0, 0.05) is 0 Å². The van der Waals surface area contributed by atoms with Crippen LogP contribution in [-0.2, 0) is 9.47 Å². The second kappa shape index (κ2) is 5.42. The Morgan fingerprint density at radius 2 is 2.12 bits per heavy atom. The molecule has 0 aliphatic carbocycles. The van der Waals surface area contributed by atoms with Gasteiger partial charge in [-0.05, 0) is 20.3 Å². The minimum absolute atomic E-state index is 0.123. The topological polar surface area (TPSA) is 79.2 Å². The minimum Gasteiger partial charge on any atom is -0.390 e. The summed E-state index contributed by atoms with van der Waals surface area (Å²) in [4.78, 5) is 0. The molecule has 0 saturated carbocycles. The van der Waals surface area contributed by atoms with E-state index in [1.807, 2.05) is 6.92 Å². The Hall–Kier alpha value is -0.200. The molecule has 5 nitrogen and oxygen atoms in total. The molecule has 0 amide bonds. The lowest BCUT2D eigenvalue weighted by Gasteiger charge is -2.42. The molecule has 1 aliphatic rings. The molecule has 1 aliphatic heterocycles. The third-order valence-electron chi connectivity index (χ3n) is 3.05. The van der Waals surface area contributed by atoms with Gasteiger partial charge in [-0.2, -0.15) is 0 Å². The number of aliphatic hydroxyl groups is 3. The van der Waals surface area contributed by atoms with Crippen molar-refractivity contribution in [3.63, 3.8) is 0 Å². The summed E-state index contributed by atoms with van der Waals surface area (Å²) in [6.45, 7) is 5.05. The first kappa shape index (κ1) is 13.9. The third kappa shape index (κ3) is 2.93. The van der Waals surface area contributed by atoms with Crippen molar-refractivity contribution in [2.75, 3.05) is 6.61 Å². The van der Waals surface area contributed by atoms with Crippen molar-refractivity contribution in [3.05, 3.63) is 0 Å². The van der Waals surface area contributed by atoms with Gasteiger partial charge in [-0.15, -0.1) is 0 Å². The Bertz CT molecular complexity index is 216. The predicted molar refractivity (Wildman–Crippen MR) is 57.8 cm³/mol. The number of hydrogen-bond acceptors (Lipinski definition) is 5. The van der Waals surface area contributed by atoms with E-state index >= 15 is 0 Å². The van der Waals surface area contributed by atoms with E-state index in [0.29, 0.717) is 6.42 Å². The van der Waals surface area contributed by atoms with Crippen molar-refractivity contribution in [3.8, 4) is 0 Å². The molecular formula is C11H22O5. The second-order valence-electron chi connectivity index (χ2n) is 4.58. The van der Waals surface area contributed by atoms with Crippen LogP contribution in [0.1, 0.15) is 33.6 Å². The summed E-state index contributed by atoms with van der Waals surface area (Å²) in [5, 5.41) is 29.3. The van der Waals surface area contributed by atoms with E-state index in [4.69, 9.17) is 9.47 Å². The van der Waals surface area contributed by atoms with Gasteiger partial charge in [-0.3, -0.25) is 0 Å². The van der Waals surface area contributed by atoms with Crippen molar-refractivity contribution in [2.45, 2.75) is 63.8 Å². The minimum atomic E-state index is -1.48. The van der Waals surface area contributed by atoms with Crippen molar-refractivity contribution in [1.29, 1.82) is 0 Å². The molecule has 0 radical (unpaired) electrons. The van der Waals surface area contributed by atoms with Crippen LogP contribution in [0.4, 0.5) is 0 Å². The molecule has 0 aromatic heterocycles. The van der Waals surface area contributed by atoms with Crippen LogP contribution in [0.25, 0.3) is 0 Å². The van der Waals surface area contributed by atoms with Crippen LogP contribution >= 0.6 is 0 Å². The lowest BCUT2D eigenvalue weighted by atomic mass is 9.89. The fourth-order valence-corrected chi connectivity index (χ4v) is 1.74. The molecule has 0 bridgehead atoms. The first-order valence-electron chi connectivity index (χ1n) is 5.75. The number of ether oxygens (including phenoxy) is 2. The molecule has 0 spiro atoms. The average molecular weight is 234 g/mol. The maximum Gasteiger partial charge on any atom is 0.158 e. The maximum atomic E-state index is 10.1. The summed E-state index contributed by atoms with van der Waals surface area (Å²) in [6, 6.07) is 0. The monoisotopic (exact) mass is 234 g/mol. The fraction of sp³-hybridized carbons (Fsp3) is 1.00. The summed E-state index contributed by atoms with van der Waals surface area (Å²) >= 11 is 0. The molecule has 0 aromatic carbocycles. The molecule has 96 valence electrons. The van der Waals surface area contributed by atoms with Crippen LogP contribution in [0, 0.1) is 0 Å². The van der Waals surface area contributed by atoms with Crippen molar-refractivity contribution in [1.82, 2.24) is 0 Å². The van der Waals surface area contributed by atoms with Gasteiger partial charge in [0.25, 0.3) is 0 Å². The standard InChI is InChI=1S/C11H22O5/c1-4-5-9-15-6-8(13)10(16-9)11(3,14)7(2)12/h7-10,12-14H,4-6H2,1-3H3. The van der Waals surface area contributed by atoms with Gasteiger partial charge in [0.05, 0.1) is 12.7 Å². The number of aliphatic hydroxyl groups excluding tert-OH is 2. The summed E-state index contributed by atoms with van der Waals surface area (Å²) in [7, 11) is 0. The van der Waals surface area contributed by atoms with E-state index < -0.39 is 30.2 Å². The molecule has 1 heterocycles. The molecule has 16 heavy (non-hydrogen) atoms. The first-order valence-corrected chi connectivity index (χ1v) is 5.75. The lowest BCUT2D eigenvalue weighted by molar-refractivity contribution is -0.300. The zero-order valence-electron chi connectivity index (χ0n) is 10.1. The highest BCUT2D eigenvalue weighted by Gasteiger charge is 2.45. The molecular weight excluding hydrogens is 212 g/mol. The smallest absolute Gasteiger partial charge is 0.158 e. The summed E-state index contributed by atoms with van der Waals surface area (Å²) < 4.78 is 10.8. The zero-order chi connectivity index (χ0) is 12.3. The molecule has 1 fully saturated rings. The van der Waals surface area contributed by atoms with Crippen LogP contribution in [0.3, 0.4) is 0 Å². The highest BCUT2D eigenvalue weighted by atomic mass is 16.7. The van der Waals surface area contributed by atoms with Crippen molar-refractivity contribution in [2.24, 2.45) is 0 Å². The van der Waals surface area contributed by atoms with Gasteiger partial charge in [0.15, 0.2) is 6.29 Å². The van der Waals surface area contributed by atoms with E-state index in [0.717, 1.165) is 6.42 Å². The molecule has 3 N–H and O–H groups in total. The molecule has 1 rings (SSSR count). The van der Waals surface area contributed by atoms with Gasteiger partial charge >= 0.3 is 0 Å². The van der Waals surface area contributed by atoms with Gasteiger partial charge in [0.2, 0.25) is 0 Å². The molecule has 5 atom stereocenters. The van der Waals surface area contributed by atoms with E-state index in [2.05, 4.69) is 0 Å². The van der Waals surface area contributed by atoms with Gasteiger partial charge in [0.1, 0.15) is 17.8 Å². The Morgan fingerprint density at radius 1 is 1.50 bits per heavy atom. The van der Waals surface area contributed by atoms with Crippen molar-refractivity contribution >= 4 is 0 Å². The third-order valence-corrected chi connectivity index (χ3v) is 3.05. The number of hydrogen-bond donors (Lipinski definition) is 3. The average Bonchev–Trinajstić information content (AvgIpc) is 2.20. The summed E-state index contributed by atoms with van der Waals surface area (Å²) in [5.74, 6) is 0. The quantitative estimate of drug-likeness (QED) is 0.639. The zero-order valence-corrected chi connectivity index (χ0v) is 10.1. The maximum absolute atomic E-state index is 10.1. The van der Waals surface area contributed by atoms with Crippen LogP contribution < -0.4 is 0 Å². The Kier molecular flexibility index (Phi) is 4.70. The van der Waals surface area contributed by atoms with Gasteiger partial charge < -0.3 is 24.8 Å². The predicted octanol–water partition coefficient (Wildman–Crippen LogP) is 0.0207. The van der Waals surface area contributed by atoms with E-state index in [1.54, 1.807) is 0 Å². The van der Waals surface area contributed by atoms with Crippen LogP contribution in [0.5, 0.6) is 0 Å². The fourth-order valence-electron chi connectivity index (χ4n) is 1.74. The van der Waals surface area contributed by atoms with Gasteiger partial charge in [-0.25, -0.2) is 0 Å². The Morgan fingerprint density at radius 3 is 2.62 bits per heavy atom. The second-order valence-corrected chi connectivity index (χ2v) is 4.58. The lowest BCUT2D eigenvalue weighted by Crippen LogP contribution is -2.59. The number of rotatable bonds is 4. The molecule has 5 heteroatoms. The highest BCUT2D eigenvalue weighted by Crippen LogP contribution is 2.27. The molecule has 1 saturated heterocycles. The van der Waals surface area contributed by atoms with Crippen molar-refractivity contribution < 1.29 is 24.8 Å². The largest absolute Gasteiger partial charge is 0.390 e. The van der Waals surface area contributed by atoms with Crippen LogP contribution in [0.2, 0.25) is 0 Å². The van der Waals surface area contributed by atoms with E-state index in [-0.39, 0.29) is 6.61 Å². The van der Waals surface area contributed by atoms with Gasteiger partial charge in [-0.1, -0.05) is 13.3 Å². The van der Waals surface area contributed by atoms with Crippen LogP contribution in [-0.4, -0.2) is 52.1 Å². The Labute approximate surface area is 96.0 Å². The first-order chi connectivity index (χ1) is 7.39. The summed E-state index contributed by atoms with van der Waals surface area (Å²) in [5.41, 5.74) is -1.48. The normalized spacial score (nSPS) is 36.8. The van der Waals surface area contributed by atoms with E-state index in [1.165, 1.54) is 13.8 Å². The molecule has 0 aromatic rings.